The van der Waals surface area contributed by atoms with Gasteiger partial charge < -0.3 is 4.90 Å². The highest BCUT2D eigenvalue weighted by Gasteiger charge is 2.28. The molecule has 0 spiro atoms. The number of hydrogen-bond donors (Lipinski definition) is 0. The van der Waals surface area contributed by atoms with E-state index >= 15 is 0 Å². The average Bonchev–Trinajstić information content (AvgIpc) is 2.91. The third-order valence-corrected chi connectivity index (χ3v) is 5.29. The van der Waals surface area contributed by atoms with Crippen molar-refractivity contribution in [1.29, 1.82) is 0 Å². The van der Waals surface area contributed by atoms with Gasteiger partial charge in [-0.25, -0.2) is 0 Å². The van der Waals surface area contributed by atoms with Gasteiger partial charge in [0.25, 0.3) is 5.91 Å². The molecular formula is C17H19NOS. The van der Waals surface area contributed by atoms with Gasteiger partial charge in [-0.05, 0) is 67.5 Å². The summed E-state index contributed by atoms with van der Waals surface area (Å²) < 4.78 is 0. The number of rotatable bonds is 1. The Morgan fingerprint density at radius 2 is 2.05 bits per heavy atom. The van der Waals surface area contributed by atoms with Gasteiger partial charge in [0.15, 0.2) is 0 Å². The van der Waals surface area contributed by atoms with Crippen LogP contribution in [0.2, 0.25) is 0 Å². The second-order valence-electron chi connectivity index (χ2n) is 5.52. The number of carbonyl (C=O) groups is 1. The van der Waals surface area contributed by atoms with Crippen molar-refractivity contribution in [2.45, 2.75) is 33.2 Å². The molecule has 1 aliphatic heterocycles. The highest BCUT2D eigenvalue weighted by Crippen LogP contribution is 2.33. The molecular weight excluding hydrogens is 266 g/mol. The van der Waals surface area contributed by atoms with Crippen molar-refractivity contribution in [3.63, 3.8) is 0 Å². The largest absolute Gasteiger partial charge is 0.331 e. The summed E-state index contributed by atoms with van der Waals surface area (Å²) in [7, 11) is 0. The van der Waals surface area contributed by atoms with Gasteiger partial charge in [0, 0.05) is 17.0 Å². The SMILES string of the molecule is Cc1ccc(C(=O)N2CCc3sccc3[C@@H]2C)cc1C. The van der Waals surface area contributed by atoms with E-state index < -0.39 is 0 Å². The molecule has 1 atom stereocenters. The molecule has 2 nitrogen and oxygen atoms in total. The summed E-state index contributed by atoms with van der Waals surface area (Å²) >= 11 is 1.81. The number of thiophene rings is 1. The van der Waals surface area contributed by atoms with Gasteiger partial charge in [-0.3, -0.25) is 4.79 Å². The quantitative estimate of drug-likeness (QED) is 0.771. The predicted octanol–water partition coefficient (Wildman–Crippen LogP) is 4.12. The fourth-order valence-electron chi connectivity index (χ4n) is 2.83. The van der Waals surface area contributed by atoms with E-state index in [4.69, 9.17) is 0 Å². The molecule has 1 aliphatic rings. The molecule has 1 aromatic heterocycles. The molecule has 104 valence electrons. The van der Waals surface area contributed by atoms with E-state index in [0.717, 1.165) is 18.5 Å². The Labute approximate surface area is 124 Å². The minimum atomic E-state index is 0.150. The molecule has 0 N–H and O–H groups in total. The van der Waals surface area contributed by atoms with Crippen molar-refractivity contribution in [3.05, 3.63) is 56.8 Å². The molecule has 1 amide bonds. The van der Waals surface area contributed by atoms with Gasteiger partial charge >= 0.3 is 0 Å². The first-order valence-corrected chi connectivity index (χ1v) is 7.90. The number of benzene rings is 1. The standard InChI is InChI=1S/C17H19NOS/c1-11-4-5-14(10-12(11)2)17(19)18-8-6-16-15(13(18)3)7-9-20-16/h4-5,7,9-10,13H,6,8H2,1-3H3/t13-/m0/s1. The lowest BCUT2D eigenvalue weighted by Crippen LogP contribution is -2.38. The third kappa shape index (κ3) is 2.16. The van der Waals surface area contributed by atoms with Crippen LogP contribution in [0.3, 0.4) is 0 Å². The van der Waals surface area contributed by atoms with Crippen molar-refractivity contribution in [2.24, 2.45) is 0 Å². The normalized spacial score (nSPS) is 17.9. The van der Waals surface area contributed by atoms with Crippen LogP contribution in [0.5, 0.6) is 0 Å². The second kappa shape index (κ2) is 5.06. The lowest BCUT2D eigenvalue weighted by atomic mass is 9.99. The van der Waals surface area contributed by atoms with Gasteiger partial charge in [0.05, 0.1) is 6.04 Å². The topological polar surface area (TPSA) is 20.3 Å². The molecule has 2 heterocycles. The van der Waals surface area contributed by atoms with Crippen LogP contribution in [0.25, 0.3) is 0 Å². The van der Waals surface area contributed by atoms with Crippen LogP contribution in [0.15, 0.2) is 29.6 Å². The van der Waals surface area contributed by atoms with E-state index in [1.807, 2.05) is 23.1 Å². The Balaban J connectivity index is 1.90. The minimum Gasteiger partial charge on any atom is -0.331 e. The van der Waals surface area contributed by atoms with Crippen LogP contribution in [-0.4, -0.2) is 17.4 Å². The van der Waals surface area contributed by atoms with Crippen LogP contribution in [0.4, 0.5) is 0 Å². The molecule has 0 fully saturated rings. The van der Waals surface area contributed by atoms with Crippen LogP contribution in [0.1, 0.15) is 44.9 Å². The fourth-order valence-corrected chi connectivity index (χ4v) is 3.79. The summed E-state index contributed by atoms with van der Waals surface area (Å²) in [5, 5.41) is 2.13. The lowest BCUT2D eigenvalue weighted by Gasteiger charge is -2.33. The van der Waals surface area contributed by atoms with Crippen LogP contribution < -0.4 is 0 Å². The van der Waals surface area contributed by atoms with Crippen molar-refractivity contribution in [1.82, 2.24) is 4.90 Å². The molecule has 0 saturated carbocycles. The van der Waals surface area contributed by atoms with Crippen LogP contribution >= 0.6 is 11.3 Å². The number of aryl methyl sites for hydroxylation is 2. The van der Waals surface area contributed by atoms with E-state index in [-0.39, 0.29) is 11.9 Å². The number of nitrogens with zero attached hydrogens (tertiary/aromatic N) is 1. The minimum absolute atomic E-state index is 0.150. The van der Waals surface area contributed by atoms with Crippen LogP contribution in [-0.2, 0) is 6.42 Å². The molecule has 1 aromatic carbocycles. The summed E-state index contributed by atoms with van der Waals surface area (Å²) in [5.74, 6) is 0.150. The van der Waals surface area contributed by atoms with Crippen molar-refractivity contribution < 1.29 is 4.79 Å². The number of fused-ring (bicyclic) bond motifs is 1. The zero-order valence-electron chi connectivity index (χ0n) is 12.1. The summed E-state index contributed by atoms with van der Waals surface area (Å²) in [6.45, 7) is 7.08. The molecule has 3 rings (SSSR count). The Morgan fingerprint density at radius 3 is 2.80 bits per heavy atom. The van der Waals surface area contributed by atoms with Crippen molar-refractivity contribution >= 4 is 17.2 Å². The van der Waals surface area contributed by atoms with Crippen molar-refractivity contribution in [2.75, 3.05) is 6.54 Å². The molecule has 0 aliphatic carbocycles. The molecule has 0 radical (unpaired) electrons. The predicted molar refractivity (Wildman–Crippen MR) is 83.4 cm³/mol. The zero-order valence-corrected chi connectivity index (χ0v) is 13.0. The van der Waals surface area contributed by atoms with Gasteiger partial charge in [-0.2, -0.15) is 0 Å². The highest BCUT2D eigenvalue weighted by molar-refractivity contribution is 7.10. The second-order valence-corrected chi connectivity index (χ2v) is 6.52. The van der Waals surface area contributed by atoms with E-state index in [0.29, 0.717) is 0 Å². The lowest BCUT2D eigenvalue weighted by molar-refractivity contribution is 0.0679. The van der Waals surface area contributed by atoms with E-state index in [9.17, 15) is 4.79 Å². The number of hydrogen-bond acceptors (Lipinski definition) is 2. The fraction of sp³-hybridized carbons (Fsp3) is 0.353. The summed E-state index contributed by atoms with van der Waals surface area (Å²) in [4.78, 5) is 16.2. The first kappa shape index (κ1) is 13.4. The molecule has 0 bridgehead atoms. The smallest absolute Gasteiger partial charge is 0.254 e. The Morgan fingerprint density at radius 1 is 1.25 bits per heavy atom. The summed E-state index contributed by atoms with van der Waals surface area (Å²) in [6.07, 6.45) is 0.980. The maximum Gasteiger partial charge on any atom is 0.254 e. The molecule has 3 heteroatoms. The first-order valence-electron chi connectivity index (χ1n) is 7.02. The Bertz CT molecular complexity index is 659. The Hall–Kier alpha value is -1.61. The van der Waals surface area contributed by atoms with E-state index in [1.54, 1.807) is 11.3 Å². The number of amides is 1. The number of carbonyl (C=O) groups excluding carboxylic acids is 1. The molecule has 0 unspecified atom stereocenters. The highest BCUT2D eigenvalue weighted by atomic mass is 32.1. The van der Waals surface area contributed by atoms with Crippen LogP contribution in [0, 0.1) is 13.8 Å². The maximum atomic E-state index is 12.7. The third-order valence-electron chi connectivity index (χ3n) is 4.29. The van der Waals surface area contributed by atoms with E-state index in [2.05, 4.69) is 32.2 Å². The summed E-state index contributed by atoms with van der Waals surface area (Å²) in [6, 6.07) is 8.32. The van der Waals surface area contributed by atoms with Gasteiger partial charge in [-0.15, -0.1) is 11.3 Å². The van der Waals surface area contributed by atoms with Crippen molar-refractivity contribution in [3.8, 4) is 0 Å². The van der Waals surface area contributed by atoms with Gasteiger partial charge in [0.1, 0.15) is 0 Å². The Kier molecular flexibility index (Phi) is 3.38. The summed E-state index contributed by atoms with van der Waals surface area (Å²) in [5.41, 5.74) is 4.53. The monoisotopic (exact) mass is 285 g/mol. The molecule has 2 aromatic rings. The average molecular weight is 285 g/mol. The van der Waals surface area contributed by atoms with Gasteiger partial charge in [-0.1, -0.05) is 6.07 Å². The van der Waals surface area contributed by atoms with Gasteiger partial charge in [0.2, 0.25) is 0 Å². The molecule has 0 saturated heterocycles. The first-order chi connectivity index (χ1) is 9.58. The maximum absolute atomic E-state index is 12.7. The molecule has 20 heavy (non-hydrogen) atoms. The zero-order chi connectivity index (χ0) is 14.3. The van der Waals surface area contributed by atoms with E-state index in [1.165, 1.54) is 21.6 Å².